The van der Waals surface area contributed by atoms with Gasteiger partial charge in [-0.15, -0.1) is 0 Å². The number of carbonyl (C=O) groups excluding carboxylic acids is 1. The largest absolute Gasteiger partial charge is 0.376 e. The summed E-state index contributed by atoms with van der Waals surface area (Å²) >= 11 is 0. The normalized spacial score (nSPS) is 20.9. The molecular weight excluding hydrogens is 318 g/mol. The molecule has 1 N–H and O–H groups in total. The third-order valence-corrected chi connectivity index (χ3v) is 4.86. The lowest BCUT2D eigenvalue weighted by Gasteiger charge is -2.32. The summed E-state index contributed by atoms with van der Waals surface area (Å²) in [6, 6.07) is 8.06. The number of aromatic nitrogens is 2. The van der Waals surface area contributed by atoms with Gasteiger partial charge in [0, 0.05) is 44.7 Å². The van der Waals surface area contributed by atoms with Crippen LogP contribution in [0.5, 0.6) is 0 Å². The topological polar surface area (TPSA) is 70.6 Å². The van der Waals surface area contributed by atoms with Crippen molar-refractivity contribution in [1.82, 2.24) is 14.9 Å². The van der Waals surface area contributed by atoms with Crippen molar-refractivity contribution in [2.24, 2.45) is 0 Å². The molecule has 132 valence electrons. The fourth-order valence-corrected chi connectivity index (χ4v) is 3.38. The van der Waals surface area contributed by atoms with Crippen LogP contribution in [0.4, 0.5) is 11.8 Å². The second-order valence-electron chi connectivity index (χ2n) is 6.53. The molecule has 7 heteroatoms. The smallest absolute Gasteiger partial charge is 0.228 e. The lowest BCUT2D eigenvalue weighted by atomic mass is 10.2. The van der Waals surface area contributed by atoms with E-state index in [0.29, 0.717) is 13.1 Å². The third-order valence-electron chi connectivity index (χ3n) is 4.86. The number of benzene rings is 1. The zero-order valence-corrected chi connectivity index (χ0v) is 14.2. The van der Waals surface area contributed by atoms with Crippen LogP contribution < -0.4 is 10.2 Å². The molecule has 1 aromatic carbocycles. The minimum absolute atomic E-state index is 0.258. The summed E-state index contributed by atoms with van der Waals surface area (Å²) in [5.41, 5.74) is 0.931. The van der Waals surface area contributed by atoms with Crippen LogP contribution in [0.2, 0.25) is 0 Å². The predicted molar refractivity (Wildman–Crippen MR) is 96.9 cm³/mol. The Bertz CT molecular complexity index is 739. The van der Waals surface area contributed by atoms with E-state index in [1.807, 2.05) is 24.3 Å². The fourth-order valence-electron chi connectivity index (χ4n) is 3.38. The molecule has 1 atom stereocenters. The number of hydrogen-bond donors (Lipinski definition) is 1. The number of fused-ring (bicyclic) bond motifs is 1. The van der Waals surface area contributed by atoms with Gasteiger partial charge in [-0.2, -0.15) is 4.98 Å². The molecule has 0 unspecified atom stereocenters. The second kappa shape index (κ2) is 7.23. The molecule has 0 aliphatic carbocycles. The molecule has 25 heavy (non-hydrogen) atoms. The van der Waals surface area contributed by atoms with E-state index in [0.717, 1.165) is 68.2 Å². The molecule has 0 radical (unpaired) electrons. The maximum atomic E-state index is 10.9. The Morgan fingerprint density at radius 2 is 2.04 bits per heavy atom. The Morgan fingerprint density at radius 1 is 1.20 bits per heavy atom. The number of nitrogens with zero attached hydrogens (tertiary/aromatic N) is 4. The summed E-state index contributed by atoms with van der Waals surface area (Å²) < 4.78 is 5.70. The highest BCUT2D eigenvalue weighted by atomic mass is 16.5. The predicted octanol–water partition coefficient (Wildman–Crippen LogP) is 1.50. The summed E-state index contributed by atoms with van der Waals surface area (Å²) in [4.78, 5) is 24.3. The van der Waals surface area contributed by atoms with Gasteiger partial charge >= 0.3 is 0 Å². The Balaban J connectivity index is 1.58. The van der Waals surface area contributed by atoms with Gasteiger partial charge in [-0.3, -0.25) is 4.79 Å². The van der Waals surface area contributed by atoms with E-state index in [2.05, 4.69) is 10.2 Å². The molecule has 2 saturated heterocycles. The van der Waals surface area contributed by atoms with Crippen molar-refractivity contribution in [3.8, 4) is 0 Å². The van der Waals surface area contributed by atoms with E-state index in [9.17, 15) is 4.79 Å². The monoisotopic (exact) mass is 341 g/mol. The Hall–Kier alpha value is -2.41. The molecule has 0 spiro atoms. The molecule has 2 aromatic rings. The molecule has 1 amide bonds. The van der Waals surface area contributed by atoms with Gasteiger partial charge in [0.1, 0.15) is 5.82 Å². The van der Waals surface area contributed by atoms with E-state index in [1.54, 1.807) is 4.90 Å². The van der Waals surface area contributed by atoms with Crippen LogP contribution >= 0.6 is 0 Å². The van der Waals surface area contributed by atoms with Gasteiger partial charge in [-0.05, 0) is 25.0 Å². The van der Waals surface area contributed by atoms with Crippen molar-refractivity contribution < 1.29 is 9.53 Å². The number of anilines is 2. The molecule has 7 nitrogen and oxygen atoms in total. The quantitative estimate of drug-likeness (QED) is 0.831. The van der Waals surface area contributed by atoms with Crippen LogP contribution in [-0.4, -0.2) is 66.7 Å². The number of nitrogens with one attached hydrogen (secondary N) is 1. The minimum atomic E-state index is 0.258. The summed E-state index contributed by atoms with van der Waals surface area (Å²) in [5.74, 6) is 1.58. The van der Waals surface area contributed by atoms with Crippen LogP contribution in [-0.2, 0) is 9.53 Å². The van der Waals surface area contributed by atoms with E-state index in [4.69, 9.17) is 14.7 Å². The van der Waals surface area contributed by atoms with E-state index in [-0.39, 0.29) is 6.10 Å². The minimum Gasteiger partial charge on any atom is -0.376 e. The highest BCUT2D eigenvalue weighted by Crippen LogP contribution is 2.24. The van der Waals surface area contributed by atoms with Gasteiger partial charge in [0.25, 0.3) is 0 Å². The Morgan fingerprint density at radius 3 is 2.80 bits per heavy atom. The van der Waals surface area contributed by atoms with Crippen molar-refractivity contribution in [3.63, 3.8) is 0 Å². The van der Waals surface area contributed by atoms with Crippen molar-refractivity contribution in [2.75, 3.05) is 49.5 Å². The number of para-hydroxylation sites is 1. The lowest BCUT2D eigenvalue weighted by molar-refractivity contribution is -0.118. The summed E-state index contributed by atoms with van der Waals surface area (Å²) in [6.07, 6.45) is 3.39. The molecule has 4 rings (SSSR count). The zero-order valence-electron chi connectivity index (χ0n) is 14.2. The van der Waals surface area contributed by atoms with Gasteiger partial charge in [0.05, 0.1) is 11.6 Å². The van der Waals surface area contributed by atoms with Crippen molar-refractivity contribution >= 4 is 29.1 Å². The number of amides is 1. The van der Waals surface area contributed by atoms with Crippen LogP contribution in [0, 0.1) is 0 Å². The number of carbonyl (C=O) groups is 1. The van der Waals surface area contributed by atoms with Crippen molar-refractivity contribution in [3.05, 3.63) is 24.3 Å². The molecule has 1 aromatic heterocycles. The van der Waals surface area contributed by atoms with Gasteiger partial charge in [-0.1, -0.05) is 12.1 Å². The molecule has 2 aliphatic rings. The first-order chi connectivity index (χ1) is 12.3. The maximum absolute atomic E-state index is 10.9. The standard InChI is InChI=1S/C18H23N5O2/c24-13-22-7-9-23(10-8-22)18-20-16-6-2-1-5-15(16)17(21-18)19-12-14-4-3-11-25-14/h1-2,5-6,13-14H,3-4,7-12H2,(H,19,20,21)/t14-/m0/s1. The SMILES string of the molecule is O=CN1CCN(c2nc(NC[C@@H]3CCCO3)c3ccccc3n2)CC1. The number of rotatable bonds is 5. The maximum Gasteiger partial charge on any atom is 0.228 e. The Kier molecular flexibility index (Phi) is 4.65. The Labute approximate surface area is 147 Å². The first-order valence-corrected chi connectivity index (χ1v) is 8.90. The lowest BCUT2D eigenvalue weighted by Crippen LogP contribution is -2.46. The average molecular weight is 341 g/mol. The number of hydrogen-bond acceptors (Lipinski definition) is 6. The van der Waals surface area contributed by atoms with Crippen molar-refractivity contribution in [2.45, 2.75) is 18.9 Å². The summed E-state index contributed by atoms with van der Waals surface area (Å²) in [7, 11) is 0. The fraction of sp³-hybridized carbons (Fsp3) is 0.500. The van der Waals surface area contributed by atoms with Gasteiger partial charge in [-0.25, -0.2) is 4.98 Å². The van der Waals surface area contributed by atoms with Crippen LogP contribution in [0.15, 0.2) is 24.3 Å². The van der Waals surface area contributed by atoms with Gasteiger partial charge in [0.2, 0.25) is 12.4 Å². The van der Waals surface area contributed by atoms with Crippen LogP contribution in [0.25, 0.3) is 10.9 Å². The number of piperazine rings is 1. The third kappa shape index (κ3) is 3.51. The molecule has 3 heterocycles. The molecular formula is C18H23N5O2. The van der Waals surface area contributed by atoms with Gasteiger partial charge < -0.3 is 19.9 Å². The van der Waals surface area contributed by atoms with Crippen LogP contribution in [0.3, 0.4) is 0 Å². The van der Waals surface area contributed by atoms with E-state index >= 15 is 0 Å². The van der Waals surface area contributed by atoms with E-state index in [1.165, 1.54) is 0 Å². The molecule has 2 aliphatic heterocycles. The second-order valence-corrected chi connectivity index (χ2v) is 6.53. The number of ether oxygens (including phenoxy) is 1. The molecule has 0 bridgehead atoms. The molecule has 0 saturated carbocycles. The highest BCUT2D eigenvalue weighted by Gasteiger charge is 2.20. The van der Waals surface area contributed by atoms with Gasteiger partial charge in [0.15, 0.2) is 0 Å². The first kappa shape index (κ1) is 16.1. The zero-order chi connectivity index (χ0) is 17.1. The highest BCUT2D eigenvalue weighted by molar-refractivity contribution is 5.90. The average Bonchev–Trinajstić information content (AvgIpc) is 3.19. The van der Waals surface area contributed by atoms with Crippen molar-refractivity contribution in [1.29, 1.82) is 0 Å². The van der Waals surface area contributed by atoms with Crippen LogP contribution in [0.1, 0.15) is 12.8 Å². The summed E-state index contributed by atoms with van der Waals surface area (Å²) in [5, 5.41) is 4.48. The first-order valence-electron chi connectivity index (χ1n) is 8.90. The molecule has 2 fully saturated rings. The van der Waals surface area contributed by atoms with E-state index < -0.39 is 0 Å². The summed E-state index contributed by atoms with van der Waals surface area (Å²) in [6.45, 7) is 4.53.